The number of carbonyl (C=O) groups excluding carboxylic acids is 1. The number of hydrogen-bond acceptors (Lipinski definition) is 11. The monoisotopic (exact) mass is 342 g/mol. The third-order valence-corrected chi connectivity index (χ3v) is 3.53. The lowest BCUT2D eigenvalue weighted by Crippen LogP contribution is -2.61. The molecule has 1 aliphatic heterocycles. The minimum Gasteiger partial charge on any atom is -0.394 e. The molecule has 0 aliphatic carbocycles. The van der Waals surface area contributed by atoms with Gasteiger partial charge in [0.15, 0.2) is 12.6 Å². The van der Waals surface area contributed by atoms with E-state index in [0.717, 1.165) is 0 Å². The van der Waals surface area contributed by atoms with Crippen molar-refractivity contribution in [2.24, 2.45) is 0 Å². The molecule has 0 unspecified atom stereocenters. The van der Waals surface area contributed by atoms with Gasteiger partial charge in [0.25, 0.3) is 0 Å². The number of rotatable bonds is 8. The molecular weight excluding hydrogens is 320 g/mol. The van der Waals surface area contributed by atoms with E-state index in [1.165, 1.54) is 0 Å². The van der Waals surface area contributed by atoms with Crippen molar-refractivity contribution >= 4 is 6.29 Å². The Hall–Kier alpha value is -0.730. The number of hydrogen-bond donors (Lipinski definition) is 8. The lowest BCUT2D eigenvalue weighted by molar-refractivity contribution is -0.326. The van der Waals surface area contributed by atoms with Crippen molar-refractivity contribution in [2.75, 3.05) is 13.2 Å². The first-order valence-electron chi connectivity index (χ1n) is 6.84. The molecule has 1 fully saturated rings. The first-order chi connectivity index (χ1) is 10.8. The van der Waals surface area contributed by atoms with Crippen LogP contribution in [0.5, 0.6) is 0 Å². The zero-order valence-electron chi connectivity index (χ0n) is 12.0. The zero-order chi connectivity index (χ0) is 17.7. The molecule has 23 heavy (non-hydrogen) atoms. The first kappa shape index (κ1) is 20.3. The van der Waals surface area contributed by atoms with Crippen LogP contribution in [0.3, 0.4) is 0 Å². The maximum absolute atomic E-state index is 10.5. The Morgan fingerprint density at radius 3 is 2.13 bits per heavy atom. The van der Waals surface area contributed by atoms with Crippen LogP contribution < -0.4 is 0 Å². The predicted octanol–water partition coefficient (Wildman–Crippen LogP) is -5.55. The largest absolute Gasteiger partial charge is 0.394 e. The molecule has 0 spiro atoms. The molecule has 0 saturated carbocycles. The molecule has 9 atom stereocenters. The minimum absolute atomic E-state index is 0.0294. The first-order valence-corrected chi connectivity index (χ1v) is 6.84. The molecule has 1 heterocycles. The SMILES string of the molecule is O=C[C@@H](O)[C@H](O)[C@@H](O[C@@H]1O[C@H](CO)[C@H](O)[C@H](O)[C@H]1O)[C@@H](O)CO. The van der Waals surface area contributed by atoms with Gasteiger partial charge in [-0.2, -0.15) is 0 Å². The average molecular weight is 342 g/mol. The van der Waals surface area contributed by atoms with Crippen LogP contribution in [0.15, 0.2) is 0 Å². The number of aliphatic hydroxyl groups is 8. The quantitative estimate of drug-likeness (QED) is 0.196. The fourth-order valence-electron chi connectivity index (χ4n) is 2.11. The third kappa shape index (κ3) is 4.64. The van der Waals surface area contributed by atoms with Crippen molar-refractivity contribution in [3.8, 4) is 0 Å². The third-order valence-electron chi connectivity index (χ3n) is 3.53. The average Bonchev–Trinajstić information content (AvgIpc) is 2.57. The molecule has 11 heteroatoms. The van der Waals surface area contributed by atoms with Gasteiger partial charge >= 0.3 is 0 Å². The fourth-order valence-corrected chi connectivity index (χ4v) is 2.11. The topological polar surface area (TPSA) is 197 Å². The summed E-state index contributed by atoms with van der Waals surface area (Å²) in [5.74, 6) is 0. The van der Waals surface area contributed by atoms with Crippen molar-refractivity contribution in [1.82, 2.24) is 0 Å². The van der Waals surface area contributed by atoms with Gasteiger partial charge in [-0.15, -0.1) is 0 Å². The summed E-state index contributed by atoms with van der Waals surface area (Å²) in [5, 5.41) is 75.7. The Morgan fingerprint density at radius 1 is 1.04 bits per heavy atom. The van der Waals surface area contributed by atoms with Crippen LogP contribution >= 0.6 is 0 Å². The molecule has 0 aromatic heterocycles. The van der Waals surface area contributed by atoms with Crippen molar-refractivity contribution < 1.29 is 55.1 Å². The Bertz CT molecular complexity index is 365. The second kappa shape index (κ2) is 8.94. The van der Waals surface area contributed by atoms with Gasteiger partial charge in [-0.05, 0) is 0 Å². The lowest BCUT2D eigenvalue weighted by atomic mass is 9.98. The van der Waals surface area contributed by atoms with Gasteiger partial charge < -0.3 is 55.1 Å². The number of aldehydes is 1. The normalized spacial score (nSPS) is 37.0. The molecule has 1 rings (SSSR count). The van der Waals surface area contributed by atoms with E-state index in [1.54, 1.807) is 0 Å². The molecular formula is C12H22O11. The smallest absolute Gasteiger partial charge is 0.187 e. The highest BCUT2D eigenvalue weighted by atomic mass is 16.7. The highest BCUT2D eigenvalue weighted by Crippen LogP contribution is 2.24. The van der Waals surface area contributed by atoms with Crippen molar-refractivity contribution in [2.45, 2.75) is 55.1 Å². The maximum atomic E-state index is 10.5. The fraction of sp³-hybridized carbons (Fsp3) is 0.917. The summed E-state index contributed by atoms with van der Waals surface area (Å²) in [7, 11) is 0. The van der Waals surface area contributed by atoms with E-state index in [2.05, 4.69) is 0 Å². The molecule has 11 nitrogen and oxygen atoms in total. The summed E-state index contributed by atoms with van der Waals surface area (Å²) < 4.78 is 10.1. The van der Waals surface area contributed by atoms with E-state index >= 15 is 0 Å². The van der Waals surface area contributed by atoms with E-state index < -0.39 is 68.3 Å². The maximum Gasteiger partial charge on any atom is 0.187 e. The molecule has 136 valence electrons. The Labute approximate surface area is 130 Å². The van der Waals surface area contributed by atoms with Gasteiger partial charge in [0.05, 0.1) is 13.2 Å². The van der Waals surface area contributed by atoms with E-state index in [1.807, 2.05) is 0 Å². The molecule has 1 aliphatic rings. The Balaban J connectivity index is 2.91. The number of ether oxygens (including phenoxy) is 2. The summed E-state index contributed by atoms with van der Waals surface area (Å²) in [6.45, 7) is -1.64. The molecule has 1 saturated heterocycles. The van der Waals surface area contributed by atoms with E-state index in [4.69, 9.17) is 19.7 Å². The summed E-state index contributed by atoms with van der Waals surface area (Å²) in [6, 6.07) is 0. The number of aliphatic hydroxyl groups excluding tert-OH is 8. The van der Waals surface area contributed by atoms with E-state index in [0.29, 0.717) is 0 Å². The molecule has 0 bridgehead atoms. The van der Waals surface area contributed by atoms with Gasteiger partial charge in [0, 0.05) is 0 Å². The summed E-state index contributed by atoms with van der Waals surface area (Å²) in [5.41, 5.74) is 0. The van der Waals surface area contributed by atoms with Crippen LogP contribution in [0.25, 0.3) is 0 Å². The second-order valence-corrected chi connectivity index (χ2v) is 5.17. The predicted molar refractivity (Wildman–Crippen MR) is 69.8 cm³/mol. The molecule has 0 aromatic rings. The van der Waals surface area contributed by atoms with E-state index in [-0.39, 0.29) is 6.29 Å². The summed E-state index contributed by atoms with van der Waals surface area (Å²) in [6.07, 6.45) is -15.7. The number of carbonyl (C=O) groups is 1. The van der Waals surface area contributed by atoms with Gasteiger partial charge in [-0.1, -0.05) is 0 Å². The minimum atomic E-state index is -1.97. The molecule has 0 amide bonds. The lowest BCUT2D eigenvalue weighted by Gasteiger charge is -2.42. The zero-order valence-corrected chi connectivity index (χ0v) is 12.0. The van der Waals surface area contributed by atoms with Crippen LogP contribution in [0, 0.1) is 0 Å². The van der Waals surface area contributed by atoms with Crippen molar-refractivity contribution in [3.05, 3.63) is 0 Å². The Kier molecular flexibility index (Phi) is 7.89. The summed E-state index contributed by atoms with van der Waals surface area (Å²) in [4.78, 5) is 10.5. The van der Waals surface area contributed by atoms with Crippen LogP contribution in [-0.2, 0) is 14.3 Å². The Morgan fingerprint density at radius 2 is 1.65 bits per heavy atom. The van der Waals surface area contributed by atoms with Gasteiger partial charge in [0.1, 0.15) is 48.8 Å². The molecule has 0 radical (unpaired) electrons. The van der Waals surface area contributed by atoms with Gasteiger partial charge in [-0.3, -0.25) is 0 Å². The molecule has 8 N–H and O–H groups in total. The second-order valence-electron chi connectivity index (χ2n) is 5.17. The highest BCUT2D eigenvalue weighted by Gasteiger charge is 2.46. The van der Waals surface area contributed by atoms with Crippen molar-refractivity contribution in [1.29, 1.82) is 0 Å². The van der Waals surface area contributed by atoms with Gasteiger partial charge in [-0.25, -0.2) is 0 Å². The van der Waals surface area contributed by atoms with Crippen LogP contribution in [0.2, 0.25) is 0 Å². The van der Waals surface area contributed by atoms with Crippen LogP contribution in [0.1, 0.15) is 0 Å². The van der Waals surface area contributed by atoms with Crippen LogP contribution in [0.4, 0.5) is 0 Å². The molecule has 0 aromatic carbocycles. The van der Waals surface area contributed by atoms with Crippen LogP contribution in [-0.4, -0.2) is 115 Å². The van der Waals surface area contributed by atoms with Gasteiger partial charge in [0.2, 0.25) is 0 Å². The van der Waals surface area contributed by atoms with Crippen molar-refractivity contribution in [3.63, 3.8) is 0 Å². The highest BCUT2D eigenvalue weighted by molar-refractivity contribution is 5.56. The van der Waals surface area contributed by atoms with E-state index in [9.17, 15) is 35.4 Å². The standard InChI is InChI=1S/C12H22O11/c13-1-4(16)7(18)11(5(17)2-14)23-12-10(21)9(20)8(19)6(3-15)22-12/h1,4-12,14-21H,2-3H2/t4-,5+,6-,7+,8+,9+,10-,11+,12+/m1/s1. The summed E-state index contributed by atoms with van der Waals surface area (Å²) >= 11 is 0.